The maximum atomic E-state index is 13.2. The number of nitrogens with zero attached hydrogens (tertiary/aromatic N) is 1. The number of carbonyl (C=O) groups is 2. The summed E-state index contributed by atoms with van der Waals surface area (Å²) in [5.41, 5.74) is 1.50. The molecule has 0 saturated carbocycles. The van der Waals surface area contributed by atoms with Crippen molar-refractivity contribution in [3.63, 3.8) is 0 Å². The first kappa shape index (κ1) is 31.2. The first-order valence-electron chi connectivity index (χ1n) is 12.3. The summed E-state index contributed by atoms with van der Waals surface area (Å²) in [6.45, 7) is 5.05. The van der Waals surface area contributed by atoms with Gasteiger partial charge in [-0.2, -0.15) is 0 Å². The van der Waals surface area contributed by atoms with Crippen LogP contribution in [0.3, 0.4) is 0 Å². The number of carbonyl (C=O) groups excluding carboxylic acids is 1. The van der Waals surface area contributed by atoms with Crippen LogP contribution in [0.25, 0.3) is 0 Å². The van der Waals surface area contributed by atoms with Gasteiger partial charge in [-0.25, -0.2) is 4.79 Å². The lowest BCUT2D eigenvalue weighted by Crippen LogP contribution is -2.45. The third-order valence-electron chi connectivity index (χ3n) is 6.54. The minimum atomic E-state index is -5.00. The van der Waals surface area contributed by atoms with Gasteiger partial charge in [0.15, 0.2) is 0 Å². The Kier molecular flexibility index (Phi) is 9.42. The highest BCUT2D eigenvalue weighted by Crippen LogP contribution is 2.44. The normalized spacial score (nSPS) is 16.9. The standard InChI is InChI=1S/C26H28F6N2O5S/c1-4-24(3,22(35)36)40-21-14-15-6-9-18(12-16(15)13-20(21)39-26(30,31)32)34(5-2)23(37)33-17-7-10-19(11-8-17)38-25(27,28)29/h7-8,10-11,13-14,18H,4-6,9,12H2,1-3H3,(H,33,37)(H,35,36). The molecule has 0 aromatic heterocycles. The molecule has 2 aromatic carbocycles. The summed E-state index contributed by atoms with van der Waals surface area (Å²) in [6.07, 6.45) is -8.56. The smallest absolute Gasteiger partial charge is 0.480 e. The Hall–Kier alpha value is -3.29. The highest BCUT2D eigenvalue weighted by molar-refractivity contribution is 8.01. The fourth-order valence-electron chi connectivity index (χ4n) is 4.31. The number of fused-ring (bicyclic) bond motifs is 1. The molecule has 7 nitrogen and oxygen atoms in total. The molecule has 2 aromatic rings. The highest BCUT2D eigenvalue weighted by Gasteiger charge is 2.38. The van der Waals surface area contributed by atoms with Gasteiger partial charge in [0.2, 0.25) is 0 Å². The van der Waals surface area contributed by atoms with Gasteiger partial charge in [-0.05, 0) is 87.1 Å². The Morgan fingerprint density at radius 2 is 1.65 bits per heavy atom. The molecule has 0 aliphatic heterocycles. The van der Waals surface area contributed by atoms with E-state index in [1.54, 1.807) is 13.8 Å². The molecular weight excluding hydrogens is 566 g/mol. The molecular formula is C26H28F6N2O5S. The number of carboxylic acid groups (broad SMARTS) is 1. The number of halogens is 6. The zero-order valence-corrected chi connectivity index (χ0v) is 22.6. The van der Waals surface area contributed by atoms with E-state index in [1.165, 1.54) is 36.1 Å². The van der Waals surface area contributed by atoms with Crippen molar-refractivity contribution in [1.82, 2.24) is 4.90 Å². The molecule has 0 heterocycles. The molecule has 0 radical (unpaired) electrons. The molecule has 3 rings (SSSR count). The maximum Gasteiger partial charge on any atom is 0.573 e. The van der Waals surface area contributed by atoms with E-state index in [0.717, 1.165) is 29.5 Å². The van der Waals surface area contributed by atoms with Gasteiger partial charge in [0.1, 0.15) is 16.2 Å². The molecule has 2 amide bonds. The van der Waals surface area contributed by atoms with Crippen molar-refractivity contribution in [2.45, 2.75) is 74.9 Å². The zero-order chi connectivity index (χ0) is 29.9. The van der Waals surface area contributed by atoms with E-state index in [0.29, 0.717) is 18.4 Å². The summed E-state index contributed by atoms with van der Waals surface area (Å²) in [7, 11) is 0. The number of benzene rings is 2. The molecule has 0 bridgehead atoms. The molecule has 40 heavy (non-hydrogen) atoms. The molecule has 1 aliphatic carbocycles. The summed E-state index contributed by atoms with van der Waals surface area (Å²) in [6, 6.07) is 6.48. The van der Waals surface area contributed by atoms with Crippen molar-refractivity contribution in [3.05, 3.63) is 47.5 Å². The van der Waals surface area contributed by atoms with Gasteiger partial charge in [-0.3, -0.25) is 4.79 Å². The number of thioether (sulfide) groups is 1. The van der Waals surface area contributed by atoms with E-state index in [1.807, 2.05) is 0 Å². The highest BCUT2D eigenvalue weighted by atomic mass is 32.2. The second-order valence-electron chi connectivity index (χ2n) is 9.29. The van der Waals surface area contributed by atoms with Gasteiger partial charge >= 0.3 is 24.7 Å². The van der Waals surface area contributed by atoms with Crippen molar-refractivity contribution in [2.24, 2.45) is 0 Å². The van der Waals surface area contributed by atoms with E-state index in [9.17, 15) is 41.0 Å². The number of alkyl halides is 6. The number of likely N-dealkylation sites (N-methyl/N-ethyl adjacent to an activating group) is 1. The van der Waals surface area contributed by atoms with E-state index in [2.05, 4.69) is 14.8 Å². The second-order valence-corrected chi connectivity index (χ2v) is 10.8. The summed E-state index contributed by atoms with van der Waals surface area (Å²) in [4.78, 5) is 26.3. The van der Waals surface area contributed by atoms with Gasteiger partial charge in [0.05, 0.1) is 4.90 Å². The lowest BCUT2D eigenvalue weighted by atomic mass is 9.87. The fraction of sp³-hybridized carbons (Fsp3) is 0.462. The number of hydrogen-bond acceptors (Lipinski definition) is 5. The monoisotopic (exact) mass is 594 g/mol. The topological polar surface area (TPSA) is 88.1 Å². The molecule has 0 fully saturated rings. The number of anilines is 1. The third kappa shape index (κ3) is 8.12. The van der Waals surface area contributed by atoms with Crippen LogP contribution in [0.2, 0.25) is 0 Å². The zero-order valence-electron chi connectivity index (χ0n) is 21.8. The van der Waals surface area contributed by atoms with Crippen LogP contribution in [0, 0.1) is 0 Å². The summed E-state index contributed by atoms with van der Waals surface area (Å²) >= 11 is 0.790. The number of carboxylic acids is 1. The number of urea groups is 1. The van der Waals surface area contributed by atoms with Crippen LogP contribution in [0.4, 0.5) is 36.8 Å². The lowest BCUT2D eigenvalue weighted by molar-refractivity contribution is -0.276. The SMILES string of the molecule is CCN(C(=O)Nc1ccc(OC(F)(F)F)cc1)C1CCc2cc(SC(C)(CC)C(=O)O)c(OC(F)(F)F)cc2C1. The number of amides is 2. The summed E-state index contributed by atoms with van der Waals surface area (Å²) < 4.78 is 83.5. The molecule has 2 atom stereocenters. The molecule has 2 unspecified atom stereocenters. The van der Waals surface area contributed by atoms with Crippen molar-refractivity contribution < 1.29 is 50.5 Å². The first-order chi connectivity index (χ1) is 18.5. The minimum absolute atomic E-state index is 0.0596. The number of aryl methyl sites for hydroxylation is 1. The largest absolute Gasteiger partial charge is 0.573 e. The Bertz CT molecular complexity index is 1220. The minimum Gasteiger partial charge on any atom is -0.480 e. The Labute approximate surface area is 230 Å². The first-order valence-corrected chi connectivity index (χ1v) is 13.1. The van der Waals surface area contributed by atoms with Crippen LogP contribution < -0.4 is 14.8 Å². The van der Waals surface area contributed by atoms with Crippen molar-refractivity contribution >= 4 is 29.4 Å². The Morgan fingerprint density at radius 3 is 2.17 bits per heavy atom. The molecule has 0 spiro atoms. The third-order valence-corrected chi connectivity index (χ3v) is 7.99. The quantitative estimate of drug-likeness (QED) is 0.235. The molecule has 14 heteroatoms. The predicted octanol–water partition coefficient (Wildman–Crippen LogP) is 7.24. The average molecular weight is 595 g/mol. The maximum absolute atomic E-state index is 13.2. The fourth-order valence-corrected chi connectivity index (χ4v) is 5.43. The second kappa shape index (κ2) is 12.1. The van der Waals surface area contributed by atoms with Crippen molar-refractivity contribution in [2.75, 3.05) is 11.9 Å². The summed E-state index contributed by atoms with van der Waals surface area (Å²) in [5.74, 6) is -2.12. The number of nitrogens with one attached hydrogen (secondary N) is 1. The van der Waals surface area contributed by atoms with Crippen LogP contribution in [0.1, 0.15) is 44.7 Å². The number of ether oxygens (including phenoxy) is 2. The molecule has 0 saturated heterocycles. The molecule has 220 valence electrons. The van der Waals surface area contributed by atoms with Gasteiger partial charge in [-0.1, -0.05) is 6.92 Å². The Balaban J connectivity index is 1.81. The molecule has 1 aliphatic rings. The number of hydrogen-bond donors (Lipinski definition) is 2. The van der Waals surface area contributed by atoms with Gasteiger partial charge in [-0.15, -0.1) is 38.1 Å². The van der Waals surface area contributed by atoms with E-state index >= 15 is 0 Å². The van der Waals surface area contributed by atoms with Crippen LogP contribution in [-0.4, -0.2) is 52.1 Å². The van der Waals surface area contributed by atoms with Crippen LogP contribution >= 0.6 is 11.8 Å². The van der Waals surface area contributed by atoms with Crippen molar-refractivity contribution in [3.8, 4) is 11.5 Å². The number of rotatable bonds is 9. The van der Waals surface area contributed by atoms with Crippen molar-refractivity contribution in [1.29, 1.82) is 0 Å². The van der Waals surface area contributed by atoms with Gasteiger partial charge < -0.3 is 24.8 Å². The van der Waals surface area contributed by atoms with Gasteiger partial charge in [0, 0.05) is 18.3 Å². The van der Waals surface area contributed by atoms with E-state index in [-0.39, 0.29) is 36.0 Å². The van der Waals surface area contributed by atoms with Crippen LogP contribution in [-0.2, 0) is 17.6 Å². The number of aliphatic carboxylic acids is 1. The van der Waals surface area contributed by atoms with E-state index in [4.69, 9.17) is 0 Å². The van der Waals surface area contributed by atoms with Gasteiger partial charge in [0.25, 0.3) is 0 Å². The predicted molar refractivity (Wildman–Crippen MR) is 136 cm³/mol. The average Bonchev–Trinajstić information content (AvgIpc) is 2.84. The summed E-state index contributed by atoms with van der Waals surface area (Å²) in [5, 5.41) is 12.2. The van der Waals surface area contributed by atoms with Crippen LogP contribution in [0.5, 0.6) is 11.5 Å². The molecule has 2 N–H and O–H groups in total. The lowest BCUT2D eigenvalue weighted by Gasteiger charge is -2.35. The van der Waals surface area contributed by atoms with Crippen LogP contribution in [0.15, 0.2) is 41.3 Å². The van der Waals surface area contributed by atoms with E-state index < -0.39 is 41.0 Å². The Morgan fingerprint density at radius 1 is 1.02 bits per heavy atom.